The maximum absolute atomic E-state index is 12.9. The van der Waals surface area contributed by atoms with Crippen LogP contribution in [0, 0.1) is 17.7 Å². The maximum atomic E-state index is 12.9. The van der Waals surface area contributed by atoms with Crippen molar-refractivity contribution in [1.29, 1.82) is 0 Å². The minimum Gasteiger partial charge on any atom is -0.451 e. The van der Waals surface area contributed by atoms with Crippen LogP contribution in [-0.2, 0) is 19.1 Å². The van der Waals surface area contributed by atoms with Gasteiger partial charge in [-0.05, 0) is 49.9 Å². The third kappa shape index (κ3) is 6.32. The second-order valence-corrected chi connectivity index (χ2v) is 7.64. The van der Waals surface area contributed by atoms with E-state index in [2.05, 4.69) is 10.6 Å². The predicted octanol–water partition coefficient (Wildman–Crippen LogP) is 3.42. The number of carbonyl (C=O) groups is 3. The third-order valence-electron chi connectivity index (χ3n) is 4.97. The van der Waals surface area contributed by atoms with Crippen LogP contribution >= 0.6 is 0 Å². The minimum atomic E-state index is -1.05. The van der Waals surface area contributed by atoms with Crippen molar-refractivity contribution < 1.29 is 23.5 Å². The Balaban J connectivity index is 1.91. The first-order valence-electron chi connectivity index (χ1n) is 9.85. The van der Waals surface area contributed by atoms with Crippen molar-refractivity contribution in [3.63, 3.8) is 0 Å². The number of rotatable bonds is 7. The molecule has 1 aliphatic rings. The van der Waals surface area contributed by atoms with Gasteiger partial charge < -0.3 is 15.4 Å². The average Bonchev–Trinajstić information content (AvgIpc) is 2.67. The molecule has 0 aromatic heterocycles. The largest absolute Gasteiger partial charge is 0.451 e. The summed E-state index contributed by atoms with van der Waals surface area (Å²) in [5.74, 6) is -1.94. The Hall–Kier alpha value is -2.44. The van der Waals surface area contributed by atoms with Gasteiger partial charge in [0.05, 0.1) is 0 Å². The molecule has 1 saturated carbocycles. The molecule has 7 heteroatoms. The summed E-state index contributed by atoms with van der Waals surface area (Å²) in [6.07, 6.45) is 3.81. The molecule has 0 bridgehead atoms. The number of ether oxygens (including phenoxy) is 1. The van der Waals surface area contributed by atoms with Crippen LogP contribution in [0.4, 0.5) is 10.1 Å². The van der Waals surface area contributed by atoms with Crippen molar-refractivity contribution in [1.82, 2.24) is 5.32 Å². The van der Waals surface area contributed by atoms with Crippen molar-refractivity contribution >= 4 is 23.5 Å². The summed E-state index contributed by atoms with van der Waals surface area (Å²) in [6, 6.07) is 4.48. The number of carbonyl (C=O) groups excluding carboxylic acids is 3. The van der Waals surface area contributed by atoms with E-state index in [1.807, 2.05) is 13.8 Å². The molecule has 0 spiro atoms. The maximum Gasteiger partial charge on any atom is 0.329 e. The van der Waals surface area contributed by atoms with Gasteiger partial charge in [0, 0.05) is 11.6 Å². The topological polar surface area (TPSA) is 84.5 Å². The number of halogens is 1. The van der Waals surface area contributed by atoms with Crippen LogP contribution in [0.3, 0.4) is 0 Å². The van der Waals surface area contributed by atoms with Gasteiger partial charge in [0.25, 0.3) is 5.91 Å². The van der Waals surface area contributed by atoms with E-state index in [1.165, 1.54) is 31.2 Å². The van der Waals surface area contributed by atoms with Crippen molar-refractivity contribution in [2.24, 2.45) is 11.8 Å². The molecule has 0 radical (unpaired) electrons. The van der Waals surface area contributed by atoms with E-state index in [0.29, 0.717) is 5.69 Å². The van der Waals surface area contributed by atoms with Crippen LogP contribution in [0.5, 0.6) is 0 Å². The van der Waals surface area contributed by atoms with E-state index in [1.54, 1.807) is 0 Å². The van der Waals surface area contributed by atoms with Crippen LogP contribution in [0.2, 0.25) is 0 Å². The number of esters is 1. The fourth-order valence-corrected chi connectivity index (χ4v) is 3.21. The van der Waals surface area contributed by atoms with Gasteiger partial charge in [-0.2, -0.15) is 0 Å². The Morgan fingerprint density at radius 1 is 1.04 bits per heavy atom. The Kier molecular flexibility index (Phi) is 7.96. The van der Waals surface area contributed by atoms with Gasteiger partial charge in [0.1, 0.15) is 11.9 Å². The molecule has 2 atom stereocenters. The quantitative estimate of drug-likeness (QED) is 0.697. The van der Waals surface area contributed by atoms with Crippen LogP contribution in [-0.4, -0.2) is 29.9 Å². The molecule has 2 N–H and O–H groups in total. The highest BCUT2D eigenvalue weighted by atomic mass is 19.1. The smallest absolute Gasteiger partial charge is 0.329 e. The van der Waals surface area contributed by atoms with Crippen molar-refractivity contribution in [3.8, 4) is 0 Å². The first-order valence-corrected chi connectivity index (χ1v) is 9.85. The van der Waals surface area contributed by atoms with Gasteiger partial charge >= 0.3 is 5.97 Å². The molecule has 1 aromatic carbocycles. The summed E-state index contributed by atoms with van der Waals surface area (Å²) < 4.78 is 18.2. The highest BCUT2D eigenvalue weighted by molar-refractivity contribution is 5.95. The number of nitrogens with one attached hydrogen (secondary N) is 2. The molecule has 6 nitrogen and oxygen atoms in total. The Morgan fingerprint density at radius 2 is 1.64 bits per heavy atom. The molecule has 2 amide bonds. The van der Waals surface area contributed by atoms with Crippen LogP contribution < -0.4 is 10.6 Å². The number of anilines is 1. The molecule has 28 heavy (non-hydrogen) atoms. The normalized spacial score (nSPS) is 16.9. The number of hydrogen-bond donors (Lipinski definition) is 2. The summed E-state index contributed by atoms with van der Waals surface area (Å²) in [7, 11) is 0. The van der Waals surface area contributed by atoms with Gasteiger partial charge in [-0.3, -0.25) is 9.59 Å². The van der Waals surface area contributed by atoms with E-state index in [9.17, 15) is 18.8 Å². The first kappa shape index (κ1) is 21.9. The molecule has 1 fully saturated rings. The van der Waals surface area contributed by atoms with Crippen molar-refractivity contribution in [2.75, 3.05) is 5.32 Å². The van der Waals surface area contributed by atoms with Crippen molar-refractivity contribution in [3.05, 3.63) is 30.1 Å². The Bertz CT molecular complexity index is 684. The lowest BCUT2D eigenvalue weighted by atomic mass is 9.88. The Morgan fingerprint density at radius 3 is 2.21 bits per heavy atom. The predicted molar refractivity (Wildman–Crippen MR) is 104 cm³/mol. The van der Waals surface area contributed by atoms with Crippen molar-refractivity contribution in [2.45, 2.75) is 65.0 Å². The SMILES string of the molecule is CC(C)[C@H](NC(=O)C1CCCCC1)C(=O)O[C@H](C)C(=O)Nc1ccc(F)cc1. The van der Waals surface area contributed by atoms with E-state index >= 15 is 0 Å². The Labute approximate surface area is 165 Å². The monoisotopic (exact) mass is 392 g/mol. The lowest BCUT2D eigenvalue weighted by Crippen LogP contribution is -2.49. The summed E-state index contributed by atoms with van der Waals surface area (Å²) in [6.45, 7) is 5.09. The summed E-state index contributed by atoms with van der Waals surface area (Å²) >= 11 is 0. The molecule has 0 saturated heterocycles. The zero-order chi connectivity index (χ0) is 20.7. The average molecular weight is 392 g/mol. The first-order chi connectivity index (χ1) is 13.3. The molecule has 0 heterocycles. The van der Waals surface area contributed by atoms with Crippen LogP contribution in [0.15, 0.2) is 24.3 Å². The molecule has 0 unspecified atom stereocenters. The molecular formula is C21H29FN2O4. The number of benzene rings is 1. The lowest BCUT2D eigenvalue weighted by molar-refractivity contribution is -0.157. The zero-order valence-electron chi connectivity index (χ0n) is 16.7. The van der Waals surface area contributed by atoms with Gasteiger partial charge in [-0.25, -0.2) is 9.18 Å². The molecular weight excluding hydrogens is 363 g/mol. The highest BCUT2D eigenvalue weighted by Crippen LogP contribution is 2.24. The van der Waals surface area contributed by atoms with Crippen LogP contribution in [0.1, 0.15) is 52.9 Å². The highest BCUT2D eigenvalue weighted by Gasteiger charge is 2.31. The third-order valence-corrected chi connectivity index (χ3v) is 4.97. The molecule has 1 aliphatic carbocycles. The van der Waals surface area contributed by atoms with Gasteiger partial charge in [-0.1, -0.05) is 33.1 Å². The van der Waals surface area contributed by atoms with E-state index in [0.717, 1.165) is 32.1 Å². The van der Waals surface area contributed by atoms with E-state index in [-0.39, 0.29) is 17.7 Å². The summed E-state index contributed by atoms with van der Waals surface area (Å²) in [5, 5.41) is 5.36. The molecule has 0 aliphatic heterocycles. The standard InChI is InChI=1S/C21H29FN2O4/c1-13(2)18(24-20(26)15-7-5-4-6-8-15)21(27)28-14(3)19(25)23-17-11-9-16(22)10-12-17/h9-15,18H,4-8H2,1-3H3,(H,23,25)(H,24,26)/t14-,18+/m1/s1. The lowest BCUT2D eigenvalue weighted by Gasteiger charge is -2.26. The van der Waals surface area contributed by atoms with Crippen LogP contribution in [0.25, 0.3) is 0 Å². The van der Waals surface area contributed by atoms with Gasteiger partial charge in [-0.15, -0.1) is 0 Å². The molecule has 154 valence electrons. The molecule has 1 aromatic rings. The summed E-state index contributed by atoms with van der Waals surface area (Å²) in [4.78, 5) is 37.3. The van der Waals surface area contributed by atoms with E-state index in [4.69, 9.17) is 4.74 Å². The second-order valence-electron chi connectivity index (χ2n) is 7.64. The minimum absolute atomic E-state index is 0.0676. The van der Waals surface area contributed by atoms with Gasteiger partial charge in [0.2, 0.25) is 5.91 Å². The number of hydrogen-bond acceptors (Lipinski definition) is 4. The second kappa shape index (κ2) is 10.2. The fourth-order valence-electron chi connectivity index (χ4n) is 3.21. The number of amides is 2. The fraction of sp³-hybridized carbons (Fsp3) is 0.571. The summed E-state index contributed by atoms with van der Waals surface area (Å²) in [5.41, 5.74) is 0.403. The molecule has 2 rings (SSSR count). The van der Waals surface area contributed by atoms with E-state index < -0.39 is 29.8 Å². The zero-order valence-corrected chi connectivity index (χ0v) is 16.7. The van der Waals surface area contributed by atoms with Gasteiger partial charge in [0.15, 0.2) is 6.10 Å².